The molecule has 1 aliphatic carbocycles. The van der Waals surface area contributed by atoms with Crippen LogP contribution in [0.1, 0.15) is 69.1 Å². The molecule has 240 valence electrons. The molecule has 4 aliphatic rings. The molecule has 0 unspecified atom stereocenters. The van der Waals surface area contributed by atoms with Crippen molar-refractivity contribution in [2.75, 3.05) is 59.5 Å². The summed E-state index contributed by atoms with van der Waals surface area (Å²) in [6.45, 7) is 13.4. The van der Waals surface area contributed by atoms with Crippen LogP contribution in [-0.2, 0) is 19.6 Å². The average Bonchev–Trinajstić information content (AvgIpc) is 3.03. The maximum absolute atomic E-state index is 6.19. The van der Waals surface area contributed by atoms with Crippen LogP contribution in [0.25, 0.3) is 0 Å². The fraction of sp³-hybridized carbons (Fsp3) is 0.538. The molecule has 0 aromatic heterocycles. The van der Waals surface area contributed by atoms with Gasteiger partial charge in [-0.05, 0) is 84.7 Å². The van der Waals surface area contributed by atoms with Crippen molar-refractivity contribution in [2.45, 2.75) is 57.8 Å². The Kier molecular flexibility index (Phi) is 8.34. The van der Waals surface area contributed by atoms with Gasteiger partial charge < -0.3 is 28.4 Å². The maximum atomic E-state index is 6.19. The predicted octanol–water partition coefficient (Wildman–Crippen LogP) is 7.58. The first-order valence-corrected chi connectivity index (χ1v) is 16.7. The number of hydrogen-bond acceptors (Lipinski definition) is 6. The van der Waals surface area contributed by atoms with Crippen molar-refractivity contribution in [1.82, 2.24) is 0 Å². The second-order valence-corrected chi connectivity index (χ2v) is 15.3. The van der Waals surface area contributed by atoms with Gasteiger partial charge in [0.2, 0.25) is 0 Å². The molecule has 3 heterocycles. The van der Waals surface area contributed by atoms with Crippen molar-refractivity contribution in [1.29, 1.82) is 0 Å². The maximum Gasteiger partial charge on any atom is 0.119 e. The lowest BCUT2D eigenvalue weighted by Gasteiger charge is -2.42. The highest BCUT2D eigenvalue weighted by atomic mass is 16.5. The standard InChI is InChI=1S/C39H48O6/c1-36(20-40-21-36)26-43-33-10-4-29(5-11-33)30-16-18-39(19-17-30,31-6-12-34(13-7-31)44-27-37(2)22-41-23-37)32-8-14-35(15-9-32)45-28-38(3)24-42-25-38/h4-15,30H,16-28H2,1-3H3. The number of benzene rings is 3. The Balaban J connectivity index is 1.06. The highest BCUT2D eigenvalue weighted by molar-refractivity contribution is 5.44. The molecule has 0 atom stereocenters. The first-order valence-electron chi connectivity index (χ1n) is 16.7. The van der Waals surface area contributed by atoms with E-state index in [2.05, 4.69) is 93.6 Å². The normalized spacial score (nSPS) is 22.7. The van der Waals surface area contributed by atoms with E-state index in [1.165, 1.54) is 16.7 Å². The van der Waals surface area contributed by atoms with Gasteiger partial charge in [0.15, 0.2) is 0 Å². The quantitative estimate of drug-likeness (QED) is 0.210. The third kappa shape index (κ3) is 6.61. The van der Waals surface area contributed by atoms with E-state index in [9.17, 15) is 0 Å². The van der Waals surface area contributed by atoms with Crippen LogP contribution in [0.4, 0.5) is 0 Å². The molecule has 0 radical (unpaired) electrons. The smallest absolute Gasteiger partial charge is 0.119 e. The molecule has 7 rings (SSSR count). The summed E-state index contributed by atoms with van der Waals surface area (Å²) in [6.07, 6.45) is 4.42. The molecular weight excluding hydrogens is 564 g/mol. The molecule has 3 saturated heterocycles. The van der Waals surface area contributed by atoms with Crippen LogP contribution in [0.3, 0.4) is 0 Å². The Morgan fingerprint density at radius 1 is 0.511 bits per heavy atom. The van der Waals surface area contributed by atoms with E-state index in [0.717, 1.165) is 82.6 Å². The number of hydrogen-bond donors (Lipinski definition) is 0. The van der Waals surface area contributed by atoms with Gasteiger partial charge in [0.05, 0.1) is 59.5 Å². The third-order valence-corrected chi connectivity index (χ3v) is 10.5. The van der Waals surface area contributed by atoms with Crippen LogP contribution >= 0.6 is 0 Å². The van der Waals surface area contributed by atoms with Crippen LogP contribution in [0, 0.1) is 16.2 Å². The van der Waals surface area contributed by atoms with Crippen LogP contribution in [0.2, 0.25) is 0 Å². The zero-order valence-electron chi connectivity index (χ0n) is 27.1. The average molecular weight is 613 g/mol. The van der Waals surface area contributed by atoms with Gasteiger partial charge in [-0.15, -0.1) is 0 Å². The van der Waals surface area contributed by atoms with E-state index in [1.54, 1.807) is 0 Å². The Hall–Kier alpha value is -3.06. The molecule has 0 bridgehead atoms. The molecule has 3 aromatic rings. The molecular formula is C39H48O6. The van der Waals surface area contributed by atoms with Crippen LogP contribution in [-0.4, -0.2) is 59.5 Å². The second-order valence-electron chi connectivity index (χ2n) is 15.3. The van der Waals surface area contributed by atoms with Crippen molar-refractivity contribution in [2.24, 2.45) is 16.2 Å². The Morgan fingerprint density at radius 2 is 0.844 bits per heavy atom. The Bertz CT molecular complexity index is 1340. The Labute approximate surface area is 268 Å². The monoisotopic (exact) mass is 612 g/mol. The molecule has 6 heteroatoms. The summed E-state index contributed by atoms with van der Waals surface area (Å²) >= 11 is 0. The molecule has 1 saturated carbocycles. The van der Waals surface area contributed by atoms with Crippen molar-refractivity contribution in [3.8, 4) is 17.2 Å². The van der Waals surface area contributed by atoms with Gasteiger partial charge in [-0.25, -0.2) is 0 Å². The summed E-state index contributed by atoms with van der Waals surface area (Å²) in [6, 6.07) is 26.6. The first kappa shape index (κ1) is 30.6. The summed E-state index contributed by atoms with van der Waals surface area (Å²) in [5.41, 5.74) is 4.46. The summed E-state index contributed by atoms with van der Waals surface area (Å²) in [4.78, 5) is 0. The van der Waals surface area contributed by atoms with E-state index >= 15 is 0 Å². The minimum atomic E-state index is -0.0571. The predicted molar refractivity (Wildman–Crippen MR) is 175 cm³/mol. The highest BCUT2D eigenvalue weighted by Crippen LogP contribution is 2.49. The van der Waals surface area contributed by atoms with Gasteiger partial charge in [0.25, 0.3) is 0 Å². The van der Waals surface area contributed by atoms with Crippen LogP contribution in [0.15, 0.2) is 72.8 Å². The van der Waals surface area contributed by atoms with Gasteiger partial charge >= 0.3 is 0 Å². The molecule has 3 aliphatic heterocycles. The van der Waals surface area contributed by atoms with Gasteiger partial charge in [-0.3, -0.25) is 0 Å². The van der Waals surface area contributed by atoms with E-state index in [1.807, 2.05) is 0 Å². The highest BCUT2D eigenvalue weighted by Gasteiger charge is 2.40. The van der Waals surface area contributed by atoms with Crippen LogP contribution < -0.4 is 14.2 Å². The van der Waals surface area contributed by atoms with Crippen molar-refractivity contribution >= 4 is 0 Å². The zero-order valence-corrected chi connectivity index (χ0v) is 27.1. The fourth-order valence-corrected chi connectivity index (χ4v) is 7.14. The fourth-order valence-electron chi connectivity index (χ4n) is 7.14. The third-order valence-electron chi connectivity index (χ3n) is 10.5. The second kappa shape index (κ2) is 12.3. The van der Waals surface area contributed by atoms with E-state index < -0.39 is 0 Å². The SMILES string of the molecule is CC1(COc2ccc(C3CCC(c4ccc(OCC5(C)COC5)cc4)(c4ccc(OCC5(C)COC5)cc4)CC3)cc2)COC1. The molecule has 4 fully saturated rings. The Morgan fingerprint density at radius 3 is 1.16 bits per heavy atom. The molecule has 3 aromatic carbocycles. The minimum absolute atomic E-state index is 0.0571. The van der Waals surface area contributed by atoms with E-state index in [-0.39, 0.29) is 21.7 Å². The summed E-state index contributed by atoms with van der Waals surface area (Å²) in [5.74, 6) is 3.33. The van der Waals surface area contributed by atoms with Gasteiger partial charge in [0, 0.05) is 21.7 Å². The largest absolute Gasteiger partial charge is 0.493 e. The molecule has 0 amide bonds. The lowest BCUT2D eigenvalue weighted by Crippen LogP contribution is -2.44. The van der Waals surface area contributed by atoms with E-state index in [0.29, 0.717) is 25.7 Å². The lowest BCUT2D eigenvalue weighted by atomic mass is 9.62. The first-order chi connectivity index (χ1) is 21.7. The molecule has 45 heavy (non-hydrogen) atoms. The van der Waals surface area contributed by atoms with Crippen LogP contribution in [0.5, 0.6) is 17.2 Å². The minimum Gasteiger partial charge on any atom is -0.493 e. The zero-order chi connectivity index (χ0) is 31.0. The van der Waals surface area contributed by atoms with Crippen molar-refractivity contribution in [3.05, 3.63) is 89.5 Å². The molecule has 6 nitrogen and oxygen atoms in total. The number of rotatable bonds is 12. The van der Waals surface area contributed by atoms with Gasteiger partial charge in [-0.2, -0.15) is 0 Å². The van der Waals surface area contributed by atoms with Crippen molar-refractivity contribution < 1.29 is 28.4 Å². The molecule has 0 N–H and O–H groups in total. The van der Waals surface area contributed by atoms with Gasteiger partial charge in [-0.1, -0.05) is 57.2 Å². The summed E-state index contributed by atoms with van der Waals surface area (Å²) < 4.78 is 34.7. The van der Waals surface area contributed by atoms with Gasteiger partial charge in [0.1, 0.15) is 17.2 Å². The van der Waals surface area contributed by atoms with E-state index in [4.69, 9.17) is 28.4 Å². The van der Waals surface area contributed by atoms with Crippen molar-refractivity contribution in [3.63, 3.8) is 0 Å². The lowest BCUT2D eigenvalue weighted by molar-refractivity contribution is -0.120. The number of ether oxygens (including phenoxy) is 6. The summed E-state index contributed by atoms with van der Waals surface area (Å²) in [7, 11) is 0. The summed E-state index contributed by atoms with van der Waals surface area (Å²) in [5, 5.41) is 0. The molecule has 0 spiro atoms. The topological polar surface area (TPSA) is 55.4 Å².